The van der Waals surface area contributed by atoms with Gasteiger partial charge < -0.3 is 10.5 Å². The highest BCUT2D eigenvalue weighted by atomic mass is 32.2. The fourth-order valence-corrected chi connectivity index (χ4v) is 3.61. The molecule has 5 nitrogen and oxygen atoms in total. The normalized spacial score (nSPS) is 19.1. The van der Waals surface area contributed by atoms with E-state index in [2.05, 4.69) is 4.72 Å². The van der Waals surface area contributed by atoms with Crippen molar-refractivity contribution in [2.45, 2.75) is 30.8 Å². The van der Waals surface area contributed by atoms with E-state index in [9.17, 15) is 8.42 Å². The van der Waals surface area contributed by atoms with Gasteiger partial charge in [0, 0.05) is 18.7 Å². The first-order valence-corrected chi connectivity index (χ1v) is 8.31. The molecule has 1 heterocycles. The van der Waals surface area contributed by atoms with E-state index in [1.54, 1.807) is 19.1 Å². The zero-order valence-corrected chi connectivity index (χ0v) is 12.9. The van der Waals surface area contributed by atoms with Gasteiger partial charge in [0.1, 0.15) is 4.99 Å². The first-order valence-electron chi connectivity index (χ1n) is 6.42. The molecule has 1 atom stereocenters. The van der Waals surface area contributed by atoms with Gasteiger partial charge >= 0.3 is 0 Å². The second-order valence-electron chi connectivity index (χ2n) is 4.83. The van der Waals surface area contributed by atoms with Crippen LogP contribution in [0.25, 0.3) is 0 Å². The first kappa shape index (κ1) is 15.4. The van der Waals surface area contributed by atoms with Gasteiger partial charge in [-0.3, -0.25) is 0 Å². The van der Waals surface area contributed by atoms with Crippen LogP contribution in [0.2, 0.25) is 0 Å². The number of aryl methyl sites for hydroxylation is 1. The average molecular weight is 314 g/mol. The van der Waals surface area contributed by atoms with E-state index in [1.807, 2.05) is 0 Å². The van der Waals surface area contributed by atoms with Gasteiger partial charge in [0.25, 0.3) is 0 Å². The molecule has 0 radical (unpaired) electrons. The lowest BCUT2D eigenvalue weighted by atomic mass is 10.1. The van der Waals surface area contributed by atoms with Crippen molar-refractivity contribution in [2.24, 2.45) is 5.73 Å². The van der Waals surface area contributed by atoms with Crippen LogP contribution in [-0.4, -0.2) is 32.7 Å². The molecule has 0 saturated carbocycles. The van der Waals surface area contributed by atoms with E-state index in [4.69, 9.17) is 22.7 Å². The van der Waals surface area contributed by atoms with Crippen LogP contribution < -0.4 is 10.5 Å². The molecule has 0 amide bonds. The molecule has 1 unspecified atom stereocenters. The molecule has 1 aliphatic heterocycles. The lowest BCUT2D eigenvalue weighted by Crippen LogP contribution is -2.32. The lowest BCUT2D eigenvalue weighted by Gasteiger charge is -2.13. The van der Waals surface area contributed by atoms with E-state index in [0.29, 0.717) is 24.3 Å². The first-order chi connectivity index (χ1) is 9.40. The lowest BCUT2D eigenvalue weighted by molar-refractivity contribution is 0.114. The summed E-state index contributed by atoms with van der Waals surface area (Å²) in [5, 5.41) is 0. The van der Waals surface area contributed by atoms with Crippen molar-refractivity contribution >= 4 is 27.2 Å². The molecule has 1 aromatic carbocycles. The molecule has 0 bridgehead atoms. The van der Waals surface area contributed by atoms with Gasteiger partial charge in [-0.2, -0.15) is 0 Å². The van der Waals surface area contributed by atoms with Crippen LogP contribution in [0.1, 0.15) is 24.0 Å². The summed E-state index contributed by atoms with van der Waals surface area (Å²) in [5.41, 5.74) is 6.82. The van der Waals surface area contributed by atoms with Gasteiger partial charge in [0.15, 0.2) is 0 Å². The Morgan fingerprint density at radius 1 is 1.55 bits per heavy atom. The number of nitrogens with two attached hydrogens (primary N) is 1. The Morgan fingerprint density at radius 3 is 2.85 bits per heavy atom. The molecule has 1 fully saturated rings. The van der Waals surface area contributed by atoms with Crippen molar-refractivity contribution in [2.75, 3.05) is 13.2 Å². The Hall–Kier alpha value is -1.02. The zero-order valence-electron chi connectivity index (χ0n) is 11.3. The smallest absolute Gasteiger partial charge is 0.240 e. The number of thiocarbonyl (C=S) groups is 1. The summed E-state index contributed by atoms with van der Waals surface area (Å²) in [6.45, 7) is 2.73. The summed E-state index contributed by atoms with van der Waals surface area (Å²) in [5.74, 6) is 0. The Kier molecular flexibility index (Phi) is 4.74. The van der Waals surface area contributed by atoms with Crippen molar-refractivity contribution in [3.8, 4) is 0 Å². The standard InChI is InChI=1S/C13H18N2O3S2/c1-9-7-10(13(14)19)4-5-12(9)20(16,17)15-8-11-3-2-6-18-11/h4-5,7,11,15H,2-3,6,8H2,1H3,(H2,14,19). The van der Waals surface area contributed by atoms with Gasteiger partial charge in [0.2, 0.25) is 10.0 Å². The third-order valence-electron chi connectivity index (χ3n) is 3.27. The summed E-state index contributed by atoms with van der Waals surface area (Å²) in [6.07, 6.45) is 1.84. The second kappa shape index (κ2) is 6.17. The van der Waals surface area contributed by atoms with Crippen molar-refractivity contribution in [3.05, 3.63) is 29.3 Å². The average Bonchev–Trinajstić information content (AvgIpc) is 2.89. The van der Waals surface area contributed by atoms with E-state index in [0.717, 1.165) is 12.8 Å². The quantitative estimate of drug-likeness (QED) is 0.795. The predicted molar refractivity (Wildman–Crippen MR) is 81.2 cm³/mol. The number of nitrogens with one attached hydrogen (secondary N) is 1. The van der Waals surface area contributed by atoms with Crippen LogP contribution in [0.5, 0.6) is 0 Å². The van der Waals surface area contributed by atoms with Gasteiger partial charge in [-0.25, -0.2) is 13.1 Å². The number of hydrogen-bond acceptors (Lipinski definition) is 4. The summed E-state index contributed by atoms with van der Waals surface area (Å²) in [7, 11) is -3.53. The molecule has 0 aliphatic carbocycles. The Labute approximate surface area is 124 Å². The van der Waals surface area contributed by atoms with Gasteiger partial charge in [-0.05, 0) is 37.5 Å². The molecular formula is C13H18N2O3S2. The fourth-order valence-electron chi connectivity index (χ4n) is 2.19. The third-order valence-corrected chi connectivity index (χ3v) is 5.09. The third kappa shape index (κ3) is 3.54. The fraction of sp³-hybridized carbons (Fsp3) is 0.462. The van der Waals surface area contributed by atoms with Crippen molar-refractivity contribution in [1.82, 2.24) is 4.72 Å². The molecule has 1 aliphatic rings. The highest BCUT2D eigenvalue weighted by molar-refractivity contribution is 7.89. The van der Waals surface area contributed by atoms with Gasteiger partial charge in [-0.15, -0.1) is 0 Å². The van der Waals surface area contributed by atoms with Crippen LogP contribution in [0.4, 0.5) is 0 Å². The SMILES string of the molecule is Cc1cc(C(N)=S)ccc1S(=O)(=O)NCC1CCCO1. The molecule has 3 N–H and O–H groups in total. The predicted octanol–water partition coefficient (Wildman–Crippen LogP) is 1.09. The minimum atomic E-state index is -3.53. The maximum absolute atomic E-state index is 12.3. The van der Waals surface area contributed by atoms with Crippen LogP contribution in [0.3, 0.4) is 0 Å². The highest BCUT2D eigenvalue weighted by Gasteiger charge is 2.21. The van der Waals surface area contributed by atoms with Gasteiger partial charge in [0.05, 0.1) is 11.0 Å². The molecule has 7 heteroatoms. The van der Waals surface area contributed by atoms with Gasteiger partial charge in [-0.1, -0.05) is 18.3 Å². The van der Waals surface area contributed by atoms with E-state index < -0.39 is 10.0 Å². The zero-order chi connectivity index (χ0) is 14.8. The monoisotopic (exact) mass is 314 g/mol. The number of ether oxygens (including phenoxy) is 1. The van der Waals surface area contributed by atoms with Crippen LogP contribution >= 0.6 is 12.2 Å². The van der Waals surface area contributed by atoms with Crippen molar-refractivity contribution in [3.63, 3.8) is 0 Å². The topological polar surface area (TPSA) is 81.4 Å². The molecule has 1 aromatic rings. The Balaban J connectivity index is 2.14. The Bertz CT molecular complexity index is 608. The van der Waals surface area contributed by atoms with E-state index in [-0.39, 0.29) is 16.0 Å². The number of rotatable bonds is 5. The molecule has 1 saturated heterocycles. The minimum Gasteiger partial charge on any atom is -0.389 e. The number of hydrogen-bond donors (Lipinski definition) is 2. The van der Waals surface area contributed by atoms with Crippen molar-refractivity contribution < 1.29 is 13.2 Å². The molecule has 0 spiro atoms. The summed E-state index contributed by atoms with van der Waals surface area (Å²) >= 11 is 4.88. The second-order valence-corrected chi connectivity index (χ2v) is 7.01. The molecule has 2 rings (SSSR count). The minimum absolute atomic E-state index is 0.0269. The van der Waals surface area contributed by atoms with Crippen LogP contribution in [0, 0.1) is 6.92 Å². The maximum atomic E-state index is 12.3. The largest absolute Gasteiger partial charge is 0.389 e. The van der Waals surface area contributed by atoms with Crippen LogP contribution in [-0.2, 0) is 14.8 Å². The van der Waals surface area contributed by atoms with E-state index in [1.165, 1.54) is 6.07 Å². The van der Waals surface area contributed by atoms with Crippen LogP contribution in [0.15, 0.2) is 23.1 Å². The summed E-state index contributed by atoms with van der Waals surface area (Å²) in [4.78, 5) is 0.500. The number of sulfonamides is 1. The highest BCUT2D eigenvalue weighted by Crippen LogP contribution is 2.18. The van der Waals surface area contributed by atoms with E-state index >= 15 is 0 Å². The summed E-state index contributed by atoms with van der Waals surface area (Å²) < 4.78 is 32.5. The summed E-state index contributed by atoms with van der Waals surface area (Å²) in [6, 6.07) is 4.83. The Morgan fingerprint density at radius 2 is 2.30 bits per heavy atom. The molecule has 110 valence electrons. The molecule has 0 aromatic heterocycles. The maximum Gasteiger partial charge on any atom is 0.240 e. The van der Waals surface area contributed by atoms with Crippen molar-refractivity contribution in [1.29, 1.82) is 0 Å². The number of benzene rings is 1. The molecule has 20 heavy (non-hydrogen) atoms. The molecular weight excluding hydrogens is 296 g/mol.